The maximum atomic E-state index is 11.6. The molecule has 0 aliphatic carbocycles. The first kappa shape index (κ1) is 15.7. The van der Waals surface area contributed by atoms with Gasteiger partial charge in [-0.25, -0.2) is 14.8 Å². The standard InChI is InChI=1S/C15H14BrN5OS/c1-2-18-14(22)21-15-20-11-6-9(5-10(16)13(11)23-15)8-3-4-12(17)19-7-8/h3-7H,2H2,1H3,(H2,17,19)(H2,18,20,21,22). The molecule has 118 valence electrons. The largest absolute Gasteiger partial charge is 0.384 e. The van der Waals surface area contributed by atoms with Crippen LogP contribution in [0, 0.1) is 0 Å². The van der Waals surface area contributed by atoms with Crippen molar-refractivity contribution in [1.82, 2.24) is 15.3 Å². The van der Waals surface area contributed by atoms with Crippen molar-refractivity contribution >= 4 is 54.5 Å². The number of nitrogens with zero attached hydrogens (tertiary/aromatic N) is 2. The maximum absolute atomic E-state index is 11.6. The quantitative estimate of drug-likeness (QED) is 0.631. The van der Waals surface area contributed by atoms with Gasteiger partial charge in [-0.05, 0) is 52.7 Å². The Labute approximate surface area is 145 Å². The normalized spacial score (nSPS) is 10.7. The topological polar surface area (TPSA) is 92.9 Å². The van der Waals surface area contributed by atoms with Crippen LogP contribution in [0.2, 0.25) is 0 Å². The summed E-state index contributed by atoms with van der Waals surface area (Å²) in [5.74, 6) is 0.482. The Morgan fingerprint density at radius 3 is 2.87 bits per heavy atom. The first-order valence-electron chi connectivity index (χ1n) is 6.93. The summed E-state index contributed by atoms with van der Waals surface area (Å²) < 4.78 is 1.90. The van der Waals surface area contributed by atoms with Gasteiger partial charge in [0.1, 0.15) is 5.82 Å². The minimum Gasteiger partial charge on any atom is -0.384 e. The molecule has 0 radical (unpaired) electrons. The predicted octanol–water partition coefficient (Wildman–Crippen LogP) is 3.84. The Morgan fingerprint density at radius 1 is 1.35 bits per heavy atom. The number of carbonyl (C=O) groups excluding carboxylic acids is 1. The molecular weight excluding hydrogens is 378 g/mol. The molecule has 0 saturated carbocycles. The highest BCUT2D eigenvalue weighted by Crippen LogP contribution is 2.36. The number of hydrogen-bond acceptors (Lipinski definition) is 5. The Balaban J connectivity index is 1.97. The molecule has 0 aliphatic rings. The van der Waals surface area contributed by atoms with Crippen molar-refractivity contribution in [3.8, 4) is 11.1 Å². The van der Waals surface area contributed by atoms with Crippen molar-refractivity contribution in [3.05, 3.63) is 34.9 Å². The van der Waals surface area contributed by atoms with E-state index in [4.69, 9.17) is 5.73 Å². The number of urea groups is 1. The lowest BCUT2D eigenvalue weighted by Crippen LogP contribution is -2.28. The van der Waals surface area contributed by atoms with Crippen molar-refractivity contribution in [3.63, 3.8) is 0 Å². The third kappa shape index (κ3) is 3.43. The van der Waals surface area contributed by atoms with Crippen LogP contribution in [0.5, 0.6) is 0 Å². The molecule has 6 nitrogen and oxygen atoms in total. The van der Waals surface area contributed by atoms with Crippen molar-refractivity contribution in [2.45, 2.75) is 6.92 Å². The van der Waals surface area contributed by atoms with Crippen LogP contribution in [0.4, 0.5) is 15.7 Å². The number of nitrogen functional groups attached to an aromatic ring is 1. The number of fused-ring (bicyclic) bond motifs is 1. The van der Waals surface area contributed by atoms with E-state index in [1.54, 1.807) is 12.3 Å². The van der Waals surface area contributed by atoms with Crippen LogP contribution in [-0.2, 0) is 0 Å². The molecule has 0 aliphatic heterocycles. The van der Waals surface area contributed by atoms with E-state index >= 15 is 0 Å². The second-order valence-corrected chi connectivity index (χ2v) is 6.63. The third-order valence-corrected chi connectivity index (χ3v) is 5.03. The molecular formula is C15H14BrN5OS. The molecule has 0 fully saturated rings. The van der Waals surface area contributed by atoms with Crippen LogP contribution >= 0.6 is 27.3 Å². The zero-order chi connectivity index (χ0) is 16.4. The summed E-state index contributed by atoms with van der Waals surface area (Å²) in [5, 5.41) is 5.97. The van der Waals surface area contributed by atoms with E-state index in [2.05, 4.69) is 36.5 Å². The SMILES string of the molecule is CCNC(=O)Nc1nc2cc(-c3ccc(N)nc3)cc(Br)c2s1. The molecule has 2 amide bonds. The summed E-state index contributed by atoms with van der Waals surface area (Å²) >= 11 is 4.99. The minimum atomic E-state index is -0.259. The Hall–Kier alpha value is -2.19. The highest BCUT2D eigenvalue weighted by Gasteiger charge is 2.12. The molecule has 3 rings (SSSR count). The van der Waals surface area contributed by atoms with Crippen LogP contribution in [-0.4, -0.2) is 22.5 Å². The third-order valence-electron chi connectivity index (χ3n) is 3.12. The van der Waals surface area contributed by atoms with Crippen molar-refractivity contribution in [1.29, 1.82) is 0 Å². The van der Waals surface area contributed by atoms with Crippen molar-refractivity contribution in [2.24, 2.45) is 0 Å². The predicted molar refractivity (Wildman–Crippen MR) is 97.7 cm³/mol. The molecule has 0 atom stereocenters. The number of pyridine rings is 1. The van der Waals surface area contributed by atoms with Crippen LogP contribution in [0.25, 0.3) is 21.3 Å². The van der Waals surface area contributed by atoms with Gasteiger partial charge in [0.25, 0.3) is 0 Å². The summed E-state index contributed by atoms with van der Waals surface area (Å²) in [6.45, 7) is 2.43. The lowest BCUT2D eigenvalue weighted by Gasteiger charge is -2.03. The van der Waals surface area contributed by atoms with Crippen LogP contribution in [0.3, 0.4) is 0 Å². The summed E-state index contributed by atoms with van der Waals surface area (Å²) in [6, 6.07) is 7.38. The average Bonchev–Trinajstić information content (AvgIpc) is 2.91. The molecule has 0 spiro atoms. The highest BCUT2D eigenvalue weighted by atomic mass is 79.9. The van der Waals surface area contributed by atoms with E-state index in [9.17, 15) is 4.79 Å². The Kier molecular flexibility index (Phi) is 4.44. The molecule has 23 heavy (non-hydrogen) atoms. The number of carbonyl (C=O) groups is 1. The zero-order valence-corrected chi connectivity index (χ0v) is 14.7. The van der Waals surface area contributed by atoms with Crippen LogP contribution < -0.4 is 16.4 Å². The number of hydrogen-bond donors (Lipinski definition) is 3. The van der Waals surface area contributed by atoms with Crippen molar-refractivity contribution < 1.29 is 4.79 Å². The molecule has 0 saturated heterocycles. The lowest BCUT2D eigenvalue weighted by atomic mass is 10.1. The number of amides is 2. The smallest absolute Gasteiger partial charge is 0.321 e. The second kappa shape index (κ2) is 6.51. The Bertz CT molecular complexity index is 862. The van der Waals surface area contributed by atoms with Gasteiger partial charge in [-0.3, -0.25) is 5.32 Å². The molecule has 0 unspecified atom stereocenters. The van der Waals surface area contributed by atoms with Gasteiger partial charge in [-0.2, -0.15) is 0 Å². The van der Waals surface area contributed by atoms with E-state index < -0.39 is 0 Å². The number of anilines is 2. The molecule has 2 aromatic heterocycles. The van der Waals surface area contributed by atoms with E-state index in [1.807, 2.05) is 25.1 Å². The van der Waals surface area contributed by atoms with Gasteiger partial charge < -0.3 is 11.1 Å². The maximum Gasteiger partial charge on any atom is 0.321 e. The van der Waals surface area contributed by atoms with Gasteiger partial charge >= 0.3 is 6.03 Å². The number of rotatable bonds is 3. The molecule has 1 aromatic carbocycles. The molecule has 2 heterocycles. The summed E-state index contributed by atoms with van der Waals surface area (Å²) in [7, 11) is 0. The number of nitrogens with one attached hydrogen (secondary N) is 2. The van der Waals surface area contributed by atoms with Crippen molar-refractivity contribution in [2.75, 3.05) is 17.6 Å². The summed E-state index contributed by atoms with van der Waals surface area (Å²) in [4.78, 5) is 20.2. The Morgan fingerprint density at radius 2 is 2.17 bits per heavy atom. The van der Waals surface area contributed by atoms with Gasteiger partial charge in [0.15, 0.2) is 5.13 Å². The van der Waals surface area contributed by atoms with Gasteiger partial charge in [0.05, 0.1) is 10.2 Å². The van der Waals surface area contributed by atoms with E-state index in [0.717, 1.165) is 25.8 Å². The van der Waals surface area contributed by atoms with Gasteiger partial charge in [-0.1, -0.05) is 11.3 Å². The molecule has 0 bridgehead atoms. The summed E-state index contributed by atoms with van der Waals surface area (Å²) in [5.41, 5.74) is 8.36. The number of nitrogens with two attached hydrogens (primary N) is 1. The van der Waals surface area contributed by atoms with Gasteiger partial charge in [0.2, 0.25) is 0 Å². The van der Waals surface area contributed by atoms with Gasteiger partial charge in [-0.15, -0.1) is 0 Å². The first-order valence-corrected chi connectivity index (χ1v) is 8.54. The summed E-state index contributed by atoms with van der Waals surface area (Å²) in [6.07, 6.45) is 1.73. The average molecular weight is 392 g/mol. The van der Waals surface area contributed by atoms with Gasteiger partial charge in [0, 0.05) is 22.8 Å². The number of thiazole rings is 1. The molecule has 3 aromatic rings. The van der Waals surface area contributed by atoms with Crippen LogP contribution in [0.1, 0.15) is 6.92 Å². The molecule has 4 N–H and O–H groups in total. The fourth-order valence-electron chi connectivity index (χ4n) is 2.09. The van der Waals surface area contributed by atoms with E-state index in [-0.39, 0.29) is 6.03 Å². The number of halogens is 1. The monoisotopic (exact) mass is 391 g/mol. The fourth-order valence-corrected chi connectivity index (χ4v) is 3.63. The van der Waals surface area contributed by atoms with E-state index in [0.29, 0.717) is 17.5 Å². The molecule has 8 heteroatoms. The second-order valence-electron chi connectivity index (χ2n) is 4.78. The number of aromatic nitrogens is 2. The van der Waals surface area contributed by atoms with E-state index in [1.165, 1.54) is 11.3 Å². The van der Waals surface area contributed by atoms with Crippen LogP contribution in [0.15, 0.2) is 34.9 Å². The minimum absolute atomic E-state index is 0.259. The fraction of sp³-hybridized carbons (Fsp3) is 0.133. The zero-order valence-electron chi connectivity index (χ0n) is 12.3. The first-order chi connectivity index (χ1) is 11.1. The highest BCUT2D eigenvalue weighted by molar-refractivity contribution is 9.10. The number of benzene rings is 1. The lowest BCUT2D eigenvalue weighted by molar-refractivity contribution is 0.252.